The zero-order valence-electron chi connectivity index (χ0n) is 5.90. The van der Waals surface area contributed by atoms with Crippen LogP contribution < -0.4 is 5.32 Å². The monoisotopic (exact) mass is 155 g/mol. The molecule has 2 atom stereocenters. The molecule has 11 heavy (non-hydrogen) atoms. The van der Waals surface area contributed by atoms with Gasteiger partial charge in [-0.05, 0) is 6.42 Å². The van der Waals surface area contributed by atoms with Crippen molar-refractivity contribution in [2.24, 2.45) is 0 Å². The van der Waals surface area contributed by atoms with Gasteiger partial charge in [-0.3, -0.25) is 0 Å². The Morgan fingerprint density at radius 2 is 2.64 bits per heavy atom. The average Bonchev–Trinajstić information content (AvgIpc) is 2.55. The van der Waals surface area contributed by atoms with Crippen molar-refractivity contribution >= 4 is 0 Å². The van der Waals surface area contributed by atoms with Crippen LogP contribution in [0.15, 0.2) is 10.9 Å². The molecule has 1 aromatic heterocycles. The van der Waals surface area contributed by atoms with Crippen molar-refractivity contribution in [3.8, 4) is 0 Å². The second-order valence-electron chi connectivity index (χ2n) is 2.63. The van der Waals surface area contributed by atoms with E-state index in [1.54, 1.807) is 0 Å². The quantitative estimate of drug-likeness (QED) is 0.570. The molecule has 1 aromatic rings. The maximum atomic E-state index is 9.15. The number of aromatic nitrogens is 2. The van der Waals surface area contributed by atoms with Crippen LogP contribution in [0.5, 0.6) is 0 Å². The molecule has 1 aliphatic heterocycles. The first kappa shape index (κ1) is 6.75. The Bertz CT molecular complexity index is 224. The predicted octanol–water partition coefficient (Wildman–Crippen LogP) is -0.535. The molecule has 60 valence electrons. The first-order valence-corrected chi connectivity index (χ1v) is 3.54. The summed E-state index contributed by atoms with van der Waals surface area (Å²) in [6, 6.07) is 0.0347. The van der Waals surface area contributed by atoms with E-state index >= 15 is 0 Å². The number of hydrogen-bond acceptors (Lipinski definition) is 5. The summed E-state index contributed by atoms with van der Waals surface area (Å²) < 4.78 is 4.83. The molecule has 2 N–H and O–H groups in total. The van der Waals surface area contributed by atoms with Gasteiger partial charge < -0.3 is 14.9 Å². The molecule has 0 bridgehead atoms. The summed E-state index contributed by atoms with van der Waals surface area (Å²) in [7, 11) is 0. The first-order valence-electron chi connectivity index (χ1n) is 3.54. The lowest BCUT2D eigenvalue weighted by Crippen LogP contribution is -2.14. The van der Waals surface area contributed by atoms with E-state index in [1.807, 2.05) is 0 Å². The van der Waals surface area contributed by atoms with Gasteiger partial charge in [0.15, 0.2) is 6.33 Å². The minimum Gasteiger partial charge on any atom is -0.392 e. The summed E-state index contributed by atoms with van der Waals surface area (Å²) in [4.78, 5) is 3.88. The molecule has 5 heteroatoms. The van der Waals surface area contributed by atoms with Crippen LogP contribution in [0.1, 0.15) is 18.4 Å². The molecule has 0 aliphatic carbocycles. The summed E-state index contributed by atoms with van der Waals surface area (Å²) in [5.41, 5.74) is 0. The molecule has 0 saturated carbocycles. The van der Waals surface area contributed by atoms with E-state index in [2.05, 4.69) is 15.5 Å². The van der Waals surface area contributed by atoms with Gasteiger partial charge in [0.1, 0.15) is 0 Å². The predicted molar refractivity (Wildman–Crippen MR) is 35.7 cm³/mol. The summed E-state index contributed by atoms with van der Waals surface area (Å²) >= 11 is 0. The first-order chi connectivity index (χ1) is 5.36. The molecule has 1 unspecified atom stereocenters. The second kappa shape index (κ2) is 2.60. The molecular formula is C6H9N3O2. The fourth-order valence-corrected chi connectivity index (χ4v) is 1.24. The van der Waals surface area contributed by atoms with Crippen LogP contribution in [0.4, 0.5) is 0 Å². The number of rotatable bonds is 1. The maximum absolute atomic E-state index is 9.15. The minimum absolute atomic E-state index is 0.0347. The van der Waals surface area contributed by atoms with Crippen molar-refractivity contribution in [2.45, 2.75) is 18.6 Å². The van der Waals surface area contributed by atoms with E-state index in [0.717, 1.165) is 0 Å². The Morgan fingerprint density at radius 1 is 1.73 bits per heavy atom. The van der Waals surface area contributed by atoms with Crippen molar-refractivity contribution in [1.82, 2.24) is 15.5 Å². The highest BCUT2D eigenvalue weighted by atomic mass is 16.5. The van der Waals surface area contributed by atoms with Crippen molar-refractivity contribution < 1.29 is 9.63 Å². The largest absolute Gasteiger partial charge is 0.392 e. The van der Waals surface area contributed by atoms with Gasteiger partial charge in [-0.2, -0.15) is 4.98 Å². The van der Waals surface area contributed by atoms with Crippen LogP contribution in [0, 0.1) is 0 Å². The molecule has 1 aliphatic rings. The highest BCUT2D eigenvalue weighted by Crippen LogP contribution is 2.20. The molecule has 2 heterocycles. The van der Waals surface area contributed by atoms with Gasteiger partial charge in [-0.15, -0.1) is 0 Å². The molecular weight excluding hydrogens is 146 g/mol. The summed E-state index contributed by atoms with van der Waals surface area (Å²) in [6.07, 6.45) is 1.73. The fourth-order valence-electron chi connectivity index (χ4n) is 1.24. The molecule has 5 nitrogen and oxygen atoms in total. The molecule has 1 fully saturated rings. The molecule has 0 aromatic carbocycles. The van der Waals surface area contributed by atoms with Crippen molar-refractivity contribution in [3.63, 3.8) is 0 Å². The Kier molecular flexibility index (Phi) is 1.59. The number of hydrogen-bond donors (Lipinski definition) is 2. The van der Waals surface area contributed by atoms with E-state index in [4.69, 9.17) is 9.63 Å². The normalized spacial score (nSPS) is 31.0. The number of aliphatic hydroxyl groups excluding tert-OH is 1. The Hall–Kier alpha value is -0.940. The molecule has 2 rings (SSSR count). The Balaban J connectivity index is 2.08. The van der Waals surface area contributed by atoms with Crippen molar-refractivity contribution in [1.29, 1.82) is 0 Å². The van der Waals surface area contributed by atoms with Crippen LogP contribution in [-0.2, 0) is 0 Å². The van der Waals surface area contributed by atoms with Crippen LogP contribution >= 0.6 is 0 Å². The van der Waals surface area contributed by atoms with Gasteiger partial charge in [-0.1, -0.05) is 5.16 Å². The highest BCUT2D eigenvalue weighted by Gasteiger charge is 2.26. The lowest BCUT2D eigenvalue weighted by Gasteiger charge is -2.00. The lowest BCUT2D eigenvalue weighted by molar-refractivity contribution is 0.191. The molecule has 0 amide bonds. The summed E-state index contributed by atoms with van der Waals surface area (Å²) in [6.45, 7) is 0.604. The van der Waals surface area contributed by atoms with Gasteiger partial charge >= 0.3 is 0 Å². The zero-order valence-corrected chi connectivity index (χ0v) is 5.90. The van der Waals surface area contributed by atoms with Gasteiger partial charge in [-0.25, -0.2) is 0 Å². The van der Waals surface area contributed by atoms with Crippen molar-refractivity contribution in [2.75, 3.05) is 6.54 Å². The molecule has 0 spiro atoms. The highest BCUT2D eigenvalue weighted by molar-refractivity contribution is 4.93. The third kappa shape index (κ3) is 1.24. The number of nitrogens with zero attached hydrogens (tertiary/aromatic N) is 2. The van der Waals surface area contributed by atoms with E-state index in [0.29, 0.717) is 18.9 Å². The van der Waals surface area contributed by atoms with Crippen LogP contribution in [-0.4, -0.2) is 27.9 Å². The summed E-state index contributed by atoms with van der Waals surface area (Å²) in [5, 5.41) is 15.7. The average molecular weight is 155 g/mol. The van der Waals surface area contributed by atoms with E-state index in [9.17, 15) is 0 Å². The van der Waals surface area contributed by atoms with E-state index in [1.165, 1.54) is 6.33 Å². The third-order valence-corrected chi connectivity index (χ3v) is 1.78. The Morgan fingerprint density at radius 3 is 3.18 bits per heavy atom. The zero-order chi connectivity index (χ0) is 7.68. The van der Waals surface area contributed by atoms with E-state index < -0.39 is 0 Å². The molecule has 0 radical (unpaired) electrons. The minimum atomic E-state index is -0.285. The van der Waals surface area contributed by atoms with Gasteiger partial charge in [0.2, 0.25) is 5.89 Å². The molecule has 1 saturated heterocycles. The number of β-amino-alcohol motifs (C(OH)–C–C–N with tert-alkyl or cyclic N) is 1. The topological polar surface area (TPSA) is 71.2 Å². The fraction of sp³-hybridized carbons (Fsp3) is 0.667. The second-order valence-corrected chi connectivity index (χ2v) is 2.63. The van der Waals surface area contributed by atoms with Crippen LogP contribution in [0.25, 0.3) is 0 Å². The van der Waals surface area contributed by atoms with Gasteiger partial charge in [0, 0.05) is 6.54 Å². The van der Waals surface area contributed by atoms with Crippen LogP contribution in [0.2, 0.25) is 0 Å². The van der Waals surface area contributed by atoms with E-state index in [-0.39, 0.29) is 12.1 Å². The number of nitrogens with one attached hydrogen (secondary N) is 1. The standard InChI is InChI=1S/C6H9N3O2/c10-4-1-5(7-2-4)6-8-3-9-11-6/h3-5,7,10H,1-2H2/t4?,5-/m0/s1. The van der Waals surface area contributed by atoms with Gasteiger partial charge in [0.25, 0.3) is 0 Å². The third-order valence-electron chi connectivity index (χ3n) is 1.78. The Labute approximate surface area is 63.4 Å². The SMILES string of the molecule is OC1CN[C@H](c2ncno2)C1. The number of aliphatic hydroxyl groups is 1. The van der Waals surface area contributed by atoms with Crippen molar-refractivity contribution in [3.05, 3.63) is 12.2 Å². The maximum Gasteiger partial charge on any atom is 0.243 e. The summed E-state index contributed by atoms with van der Waals surface area (Å²) in [5.74, 6) is 0.557. The van der Waals surface area contributed by atoms with Crippen LogP contribution in [0.3, 0.4) is 0 Å². The lowest BCUT2D eigenvalue weighted by atomic mass is 10.2. The van der Waals surface area contributed by atoms with Gasteiger partial charge in [0.05, 0.1) is 12.1 Å². The smallest absolute Gasteiger partial charge is 0.243 e.